The monoisotopic (exact) mass is 464 g/mol. The molecule has 0 aromatic heterocycles. The van der Waals surface area contributed by atoms with Crippen LogP contribution < -0.4 is 15.5 Å². The number of hydrogen-bond acceptors (Lipinski definition) is 4. The summed E-state index contributed by atoms with van der Waals surface area (Å²) in [6, 6.07) is 13.3. The number of anilines is 2. The van der Waals surface area contributed by atoms with E-state index >= 15 is 0 Å². The fourth-order valence-corrected chi connectivity index (χ4v) is 4.38. The highest BCUT2D eigenvalue weighted by atomic mass is 16.2. The van der Waals surface area contributed by atoms with Crippen LogP contribution in [0.1, 0.15) is 66.8 Å². The van der Waals surface area contributed by atoms with Crippen molar-refractivity contribution in [3.63, 3.8) is 0 Å². The zero-order valence-electron chi connectivity index (χ0n) is 21.2. The Morgan fingerprint density at radius 3 is 2.26 bits per heavy atom. The topological polar surface area (TPSA) is 64.7 Å². The third-order valence-corrected chi connectivity index (χ3v) is 6.86. The van der Waals surface area contributed by atoms with Crippen molar-refractivity contribution >= 4 is 23.2 Å². The number of likely N-dealkylation sites (N-methyl/N-ethyl adjacent to an activating group) is 1. The molecule has 0 atom stereocenters. The molecule has 0 bridgehead atoms. The SMILES string of the molecule is CCc1ccc(C(=O)Nc2ccc(N3CCC(C)CC3)c(C(=O)NCCN(CC)CC)c2)cc1. The van der Waals surface area contributed by atoms with Gasteiger partial charge in [0.2, 0.25) is 0 Å². The maximum atomic E-state index is 13.2. The number of nitrogens with zero attached hydrogens (tertiary/aromatic N) is 2. The molecule has 34 heavy (non-hydrogen) atoms. The average Bonchev–Trinajstić information content (AvgIpc) is 2.87. The molecule has 0 unspecified atom stereocenters. The second kappa shape index (κ2) is 12.6. The molecular formula is C28H40N4O2. The van der Waals surface area contributed by atoms with Gasteiger partial charge in [-0.15, -0.1) is 0 Å². The van der Waals surface area contributed by atoms with Crippen molar-refractivity contribution < 1.29 is 9.59 Å². The molecule has 184 valence electrons. The second-order valence-corrected chi connectivity index (χ2v) is 9.19. The van der Waals surface area contributed by atoms with Crippen molar-refractivity contribution in [2.75, 3.05) is 49.5 Å². The van der Waals surface area contributed by atoms with E-state index in [9.17, 15) is 9.59 Å². The van der Waals surface area contributed by atoms with E-state index in [1.807, 2.05) is 42.5 Å². The number of benzene rings is 2. The zero-order chi connectivity index (χ0) is 24.5. The fraction of sp³-hybridized carbons (Fsp3) is 0.500. The Bertz CT molecular complexity index is 945. The van der Waals surface area contributed by atoms with Crippen molar-refractivity contribution in [1.82, 2.24) is 10.2 Å². The predicted molar refractivity (Wildman–Crippen MR) is 141 cm³/mol. The Morgan fingerprint density at radius 1 is 0.971 bits per heavy atom. The molecule has 3 rings (SSSR count). The van der Waals surface area contributed by atoms with E-state index in [4.69, 9.17) is 0 Å². The molecule has 6 nitrogen and oxygen atoms in total. The molecule has 2 aromatic rings. The van der Waals surface area contributed by atoms with Gasteiger partial charge in [-0.3, -0.25) is 9.59 Å². The van der Waals surface area contributed by atoms with Crippen molar-refractivity contribution in [3.8, 4) is 0 Å². The minimum atomic E-state index is -0.171. The summed E-state index contributed by atoms with van der Waals surface area (Å²) in [7, 11) is 0. The van der Waals surface area contributed by atoms with Crippen LogP contribution in [0.3, 0.4) is 0 Å². The molecule has 1 fully saturated rings. The third kappa shape index (κ3) is 6.83. The summed E-state index contributed by atoms with van der Waals surface area (Å²) in [5, 5.41) is 6.07. The van der Waals surface area contributed by atoms with Gasteiger partial charge in [-0.1, -0.05) is 39.8 Å². The number of rotatable bonds is 10. The van der Waals surface area contributed by atoms with Gasteiger partial charge in [0.05, 0.1) is 5.56 Å². The smallest absolute Gasteiger partial charge is 0.255 e. The lowest BCUT2D eigenvalue weighted by atomic mass is 9.97. The molecule has 2 aromatic carbocycles. The average molecular weight is 465 g/mol. The van der Waals surface area contributed by atoms with Crippen LogP contribution in [-0.2, 0) is 6.42 Å². The van der Waals surface area contributed by atoms with Gasteiger partial charge in [0.1, 0.15) is 0 Å². The zero-order valence-corrected chi connectivity index (χ0v) is 21.2. The van der Waals surface area contributed by atoms with Crippen molar-refractivity contribution in [2.45, 2.75) is 47.0 Å². The highest BCUT2D eigenvalue weighted by Crippen LogP contribution is 2.29. The fourth-order valence-electron chi connectivity index (χ4n) is 4.38. The molecule has 0 aliphatic carbocycles. The summed E-state index contributed by atoms with van der Waals surface area (Å²) < 4.78 is 0. The van der Waals surface area contributed by atoms with Crippen LogP contribution in [0.4, 0.5) is 11.4 Å². The molecular weight excluding hydrogens is 424 g/mol. The summed E-state index contributed by atoms with van der Waals surface area (Å²) in [6.07, 6.45) is 3.18. The van der Waals surface area contributed by atoms with Gasteiger partial charge < -0.3 is 20.4 Å². The van der Waals surface area contributed by atoms with Crippen molar-refractivity contribution in [1.29, 1.82) is 0 Å². The normalized spacial score (nSPS) is 14.3. The molecule has 0 saturated carbocycles. The van der Waals surface area contributed by atoms with Gasteiger partial charge >= 0.3 is 0 Å². The maximum Gasteiger partial charge on any atom is 0.255 e. The van der Waals surface area contributed by atoms with Crippen LogP contribution in [0.25, 0.3) is 0 Å². The van der Waals surface area contributed by atoms with Gasteiger partial charge in [0.25, 0.3) is 11.8 Å². The minimum Gasteiger partial charge on any atom is -0.371 e. The summed E-state index contributed by atoms with van der Waals surface area (Å²) >= 11 is 0. The lowest BCUT2D eigenvalue weighted by Crippen LogP contribution is -2.37. The van der Waals surface area contributed by atoms with E-state index < -0.39 is 0 Å². The summed E-state index contributed by atoms with van der Waals surface area (Å²) in [5.74, 6) is 0.444. The summed E-state index contributed by atoms with van der Waals surface area (Å²) in [6.45, 7) is 13.8. The lowest BCUT2D eigenvalue weighted by Gasteiger charge is -2.33. The first-order valence-corrected chi connectivity index (χ1v) is 12.7. The number of amides is 2. The van der Waals surface area contributed by atoms with Gasteiger partial charge in [-0.2, -0.15) is 0 Å². The Balaban J connectivity index is 1.78. The summed E-state index contributed by atoms with van der Waals surface area (Å²) in [4.78, 5) is 30.6. The van der Waals surface area contributed by atoms with E-state index in [1.165, 1.54) is 5.56 Å². The second-order valence-electron chi connectivity index (χ2n) is 9.19. The Kier molecular flexibility index (Phi) is 9.52. The number of aryl methyl sites for hydroxylation is 1. The van der Waals surface area contributed by atoms with E-state index in [-0.39, 0.29) is 11.8 Å². The van der Waals surface area contributed by atoms with Crippen LogP contribution >= 0.6 is 0 Å². The van der Waals surface area contributed by atoms with Crippen molar-refractivity contribution in [3.05, 3.63) is 59.2 Å². The quantitative estimate of drug-likeness (QED) is 0.530. The standard InChI is InChI=1S/C28H40N4O2/c1-5-22-8-10-23(11-9-22)27(33)30-24-12-13-26(32-17-14-21(4)15-18-32)25(20-24)28(34)29-16-19-31(6-2)7-3/h8-13,20-21H,5-7,14-19H2,1-4H3,(H,29,34)(H,30,33). The number of hydrogen-bond donors (Lipinski definition) is 2. The Labute approximate surface area is 204 Å². The molecule has 1 aliphatic heterocycles. The van der Waals surface area contributed by atoms with Crippen molar-refractivity contribution in [2.24, 2.45) is 5.92 Å². The van der Waals surface area contributed by atoms with Gasteiger partial charge in [0, 0.05) is 43.1 Å². The van der Waals surface area contributed by atoms with E-state index in [0.717, 1.165) is 57.7 Å². The Hall–Kier alpha value is -2.86. The molecule has 0 radical (unpaired) electrons. The molecule has 2 N–H and O–H groups in total. The number of nitrogens with one attached hydrogen (secondary N) is 2. The number of carbonyl (C=O) groups is 2. The number of carbonyl (C=O) groups excluding carboxylic acids is 2. The van der Waals surface area contributed by atoms with Crippen LogP contribution in [0, 0.1) is 5.92 Å². The van der Waals surface area contributed by atoms with Crippen LogP contribution in [-0.4, -0.2) is 56.0 Å². The Morgan fingerprint density at radius 2 is 1.65 bits per heavy atom. The van der Waals surface area contributed by atoms with Gasteiger partial charge in [0.15, 0.2) is 0 Å². The van der Waals surface area contributed by atoms with E-state index in [0.29, 0.717) is 29.3 Å². The first kappa shape index (κ1) is 25.8. The van der Waals surface area contributed by atoms with Crippen LogP contribution in [0.5, 0.6) is 0 Å². The number of piperidine rings is 1. The third-order valence-electron chi connectivity index (χ3n) is 6.86. The van der Waals surface area contributed by atoms with E-state index in [1.54, 1.807) is 0 Å². The van der Waals surface area contributed by atoms with Gasteiger partial charge in [-0.05, 0) is 74.2 Å². The highest BCUT2D eigenvalue weighted by molar-refractivity contribution is 6.06. The predicted octanol–water partition coefficient (Wildman–Crippen LogP) is 4.81. The summed E-state index contributed by atoms with van der Waals surface area (Å²) in [5.41, 5.74) is 4.00. The molecule has 1 saturated heterocycles. The lowest BCUT2D eigenvalue weighted by molar-refractivity contribution is 0.0948. The largest absolute Gasteiger partial charge is 0.371 e. The molecule has 6 heteroatoms. The first-order valence-electron chi connectivity index (χ1n) is 12.7. The molecule has 1 heterocycles. The first-order chi connectivity index (χ1) is 16.4. The van der Waals surface area contributed by atoms with Crippen LogP contribution in [0.2, 0.25) is 0 Å². The minimum absolute atomic E-state index is 0.0934. The van der Waals surface area contributed by atoms with E-state index in [2.05, 4.69) is 48.1 Å². The van der Waals surface area contributed by atoms with Crippen LogP contribution in [0.15, 0.2) is 42.5 Å². The molecule has 0 spiro atoms. The molecule has 1 aliphatic rings. The van der Waals surface area contributed by atoms with Gasteiger partial charge in [-0.25, -0.2) is 0 Å². The highest BCUT2D eigenvalue weighted by Gasteiger charge is 2.22. The molecule has 2 amide bonds. The maximum absolute atomic E-state index is 13.2.